The van der Waals surface area contributed by atoms with Gasteiger partial charge in [0.1, 0.15) is 0 Å². The van der Waals surface area contributed by atoms with Crippen LogP contribution < -0.4 is 5.32 Å². The summed E-state index contributed by atoms with van der Waals surface area (Å²) >= 11 is 0. The highest BCUT2D eigenvalue weighted by molar-refractivity contribution is 5.90. The smallest absolute Gasteiger partial charge is 0.226 e. The summed E-state index contributed by atoms with van der Waals surface area (Å²) in [5.74, 6) is -0.406. The summed E-state index contributed by atoms with van der Waals surface area (Å²) in [6.07, 6.45) is 0.260. The molecule has 1 heterocycles. The number of nitrogens with one attached hydrogen (secondary N) is 1. The number of benzene rings is 2. The quantitative estimate of drug-likeness (QED) is 0.941. The molecule has 24 heavy (non-hydrogen) atoms. The van der Waals surface area contributed by atoms with Crippen molar-refractivity contribution in [2.45, 2.75) is 25.9 Å². The summed E-state index contributed by atoms with van der Waals surface area (Å²) in [6.45, 7) is 2.51. The molecule has 0 radical (unpaired) electrons. The SMILES string of the molecule is Cc1ccc(C2C(C(=O)NCc3ccccc3)CC(=O)N2C)cc1. The Morgan fingerprint density at radius 2 is 1.79 bits per heavy atom. The number of carbonyl (C=O) groups excluding carboxylic acids is 2. The van der Waals surface area contributed by atoms with Gasteiger partial charge in [-0.05, 0) is 18.1 Å². The van der Waals surface area contributed by atoms with Crippen molar-refractivity contribution in [2.24, 2.45) is 5.92 Å². The third-order valence-corrected chi connectivity index (χ3v) is 4.65. The molecule has 3 rings (SSSR count). The zero-order valence-electron chi connectivity index (χ0n) is 14.0. The Morgan fingerprint density at radius 3 is 2.46 bits per heavy atom. The molecule has 0 bridgehead atoms. The van der Waals surface area contributed by atoms with E-state index in [4.69, 9.17) is 0 Å². The number of aryl methyl sites for hydroxylation is 1. The van der Waals surface area contributed by atoms with E-state index in [1.54, 1.807) is 11.9 Å². The molecule has 2 unspecified atom stereocenters. The minimum absolute atomic E-state index is 0.0143. The van der Waals surface area contributed by atoms with Crippen molar-refractivity contribution in [1.82, 2.24) is 10.2 Å². The summed E-state index contributed by atoms with van der Waals surface area (Å²) in [5.41, 5.74) is 3.22. The van der Waals surface area contributed by atoms with Crippen molar-refractivity contribution in [3.63, 3.8) is 0 Å². The third-order valence-electron chi connectivity index (χ3n) is 4.65. The molecule has 1 fully saturated rings. The first kappa shape index (κ1) is 16.2. The highest BCUT2D eigenvalue weighted by Crippen LogP contribution is 2.37. The lowest BCUT2D eigenvalue weighted by molar-refractivity contribution is -0.128. The fourth-order valence-corrected chi connectivity index (χ4v) is 3.24. The van der Waals surface area contributed by atoms with Crippen molar-refractivity contribution in [1.29, 1.82) is 0 Å². The van der Waals surface area contributed by atoms with Crippen LogP contribution in [0.5, 0.6) is 0 Å². The van der Waals surface area contributed by atoms with Gasteiger partial charge in [0.25, 0.3) is 0 Å². The minimum atomic E-state index is -0.353. The molecule has 1 aliphatic heterocycles. The van der Waals surface area contributed by atoms with Crippen LogP contribution in [0.4, 0.5) is 0 Å². The van der Waals surface area contributed by atoms with Crippen molar-refractivity contribution < 1.29 is 9.59 Å². The van der Waals surface area contributed by atoms with Crippen molar-refractivity contribution in [3.8, 4) is 0 Å². The van der Waals surface area contributed by atoms with E-state index in [2.05, 4.69) is 5.32 Å². The molecule has 1 N–H and O–H groups in total. The molecular weight excluding hydrogens is 300 g/mol. The molecule has 2 aromatic rings. The predicted octanol–water partition coefficient (Wildman–Crippen LogP) is 2.83. The molecule has 2 aromatic carbocycles. The predicted molar refractivity (Wildman–Crippen MR) is 93.1 cm³/mol. The summed E-state index contributed by atoms with van der Waals surface area (Å²) in [7, 11) is 1.78. The number of rotatable bonds is 4. The highest BCUT2D eigenvalue weighted by Gasteiger charge is 2.42. The number of nitrogens with zero attached hydrogens (tertiary/aromatic N) is 1. The summed E-state index contributed by atoms with van der Waals surface area (Å²) in [4.78, 5) is 26.5. The fraction of sp³-hybridized carbons (Fsp3) is 0.300. The first-order chi connectivity index (χ1) is 11.6. The van der Waals surface area contributed by atoms with E-state index in [1.807, 2.05) is 61.5 Å². The monoisotopic (exact) mass is 322 g/mol. The van der Waals surface area contributed by atoms with Gasteiger partial charge in [-0.25, -0.2) is 0 Å². The molecule has 2 atom stereocenters. The Kier molecular flexibility index (Phi) is 4.65. The molecule has 1 aliphatic rings. The lowest BCUT2D eigenvalue weighted by Crippen LogP contribution is -2.34. The van der Waals surface area contributed by atoms with Gasteiger partial charge < -0.3 is 10.2 Å². The van der Waals surface area contributed by atoms with Crippen LogP contribution in [0.2, 0.25) is 0 Å². The van der Waals surface area contributed by atoms with Gasteiger partial charge in [-0.2, -0.15) is 0 Å². The Hall–Kier alpha value is -2.62. The highest BCUT2D eigenvalue weighted by atomic mass is 16.2. The normalized spacial score (nSPS) is 20.2. The van der Waals surface area contributed by atoms with Gasteiger partial charge in [-0.1, -0.05) is 60.2 Å². The molecule has 2 amide bonds. The number of hydrogen-bond donors (Lipinski definition) is 1. The lowest BCUT2D eigenvalue weighted by Gasteiger charge is -2.25. The van der Waals surface area contributed by atoms with Crippen LogP contribution in [-0.2, 0) is 16.1 Å². The Bertz CT molecular complexity index is 725. The summed E-state index contributed by atoms with van der Waals surface area (Å²) in [6, 6.07) is 17.6. The average Bonchev–Trinajstić information content (AvgIpc) is 2.90. The standard InChI is InChI=1S/C20H22N2O2/c1-14-8-10-16(11-9-14)19-17(12-18(23)22(19)2)20(24)21-13-15-6-4-3-5-7-15/h3-11,17,19H,12-13H2,1-2H3,(H,21,24). The number of carbonyl (C=O) groups is 2. The van der Waals surface area contributed by atoms with Gasteiger partial charge in [0.15, 0.2) is 0 Å². The van der Waals surface area contributed by atoms with Crippen LogP contribution in [0.15, 0.2) is 54.6 Å². The van der Waals surface area contributed by atoms with Crippen molar-refractivity contribution in [2.75, 3.05) is 7.05 Å². The van der Waals surface area contributed by atoms with Gasteiger partial charge in [-0.15, -0.1) is 0 Å². The van der Waals surface area contributed by atoms with Crippen molar-refractivity contribution >= 4 is 11.8 Å². The van der Waals surface area contributed by atoms with Crippen LogP contribution in [-0.4, -0.2) is 23.8 Å². The molecule has 0 aromatic heterocycles. The maximum Gasteiger partial charge on any atom is 0.226 e. The molecular formula is C20H22N2O2. The van der Waals surface area contributed by atoms with Crippen LogP contribution in [0.25, 0.3) is 0 Å². The van der Waals surface area contributed by atoms with E-state index >= 15 is 0 Å². The number of amides is 2. The average molecular weight is 322 g/mol. The van der Waals surface area contributed by atoms with Gasteiger partial charge >= 0.3 is 0 Å². The molecule has 124 valence electrons. The van der Waals surface area contributed by atoms with Crippen LogP contribution in [0, 0.1) is 12.8 Å². The van der Waals surface area contributed by atoms with Gasteiger partial charge in [0, 0.05) is 20.0 Å². The molecule has 0 spiro atoms. The molecule has 0 saturated carbocycles. The first-order valence-corrected chi connectivity index (χ1v) is 8.20. The minimum Gasteiger partial charge on any atom is -0.352 e. The maximum atomic E-state index is 12.7. The van der Waals surface area contributed by atoms with Crippen molar-refractivity contribution in [3.05, 3.63) is 71.3 Å². The topological polar surface area (TPSA) is 49.4 Å². The Labute approximate surface area is 142 Å². The Morgan fingerprint density at radius 1 is 1.12 bits per heavy atom. The number of hydrogen-bond acceptors (Lipinski definition) is 2. The summed E-state index contributed by atoms with van der Waals surface area (Å²) < 4.78 is 0. The zero-order chi connectivity index (χ0) is 17.1. The van der Waals surface area contributed by atoms with Crippen LogP contribution >= 0.6 is 0 Å². The zero-order valence-corrected chi connectivity index (χ0v) is 14.0. The van der Waals surface area contributed by atoms with Gasteiger partial charge in [0.05, 0.1) is 12.0 Å². The van der Waals surface area contributed by atoms with E-state index in [0.717, 1.165) is 16.7 Å². The summed E-state index contributed by atoms with van der Waals surface area (Å²) in [5, 5.41) is 2.98. The first-order valence-electron chi connectivity index (χ1n) is 8.20. The largest absolute Gasteiger partial charge is 0.352 e. The maximum absolute atomic E-state index is 12.7. The van der Waals surface area contributed by atoms with Crippen LogP contribution in [0.1, 0.15) is 29.2 Å². The van der Waals surface area contributed by atoms with E-state index < -0.39 is 0 Å². The molecule has 4 nitrogen and oxygen atoms in total. The Balaban J connectivity index is 1.75. The second-order valence-corrected chi connectivity index (χ2v) is 6.37. The van der Waals surface area contributed by atoms with Gasteiger partial charge in [-0.3, -0.25) is 9.59 Å². The fourth-order valence-electron chi connectivity index (χ4n) is 3.24. The van der Waals surface area contributed by atoms with E-state index in [-0.39, 0.29) is 30.2 Å². The molecule has 4 heteroatoms. The molecule has 0 aliphatic carbocycles. The van der Waals surface area contributed by atoms with Gasteiger partial charge in [0.2, 0.25) is 11.8 Å². The molecule has 1 saturated heterocycles. The van der Waals surface area contributed by atoms with Crippen LogP contribution in [0.3, 0.4) is 0 Å². The van der Waals surface area contributed by atoms with E-state index in [1.165, 1.54) is 0 Å². The van der Waals surface area contributed by atoms with E-state index in [9.17, 15) is 9.59 Å². The van der Waals surface area contributed by atoms with E-state index in [0.29, 0.717) is 6.54 Å². The third kappa shape index (κ3) is 3.32. The second kappa shape index (κ2) is 6.87. The lowest BCUT2D eigenvalue weighted by atomic mass is 9.92. The second-order valence-electron chi connectivity index (χ2n) is 6.37. The number of likely N-dealkylation sites (tertiary alicyclic amines) is 1.